The standard InChI is InChI=1S/C13H16O3/c1-9(14)16-12-10-5-3-4-7-13(10,2)8-6-11(12)15/h3-4,6,8,10,12H,5,7H2,1-2H3/t10-,12+,13+/m0/s1. The van der Waals surface area contributed by atoms with Crippen molar-refractivity contribution in [2.45, 2.75) is 32.8 Å². The van der Waals surface area contributed by atoms with Crippen LogP contribution >= 0.6 is 0 Å². The fourth-order valence-electron chi connectivity index (χ4n) is 2.55. The second-order valence-corrected chi connectivity index (χ2v) is 4.79. The van der Waals surface area contributed by atoms with E-state index in [9.17, 15) is 9.59 Å². The van der Waals surface area contributed by atoms with Crippen LogP contribution in [0.1, 0.15) is 26.7 Å². The maximum absolute atomic E-state index is 11.7. The minimum Gasteiger partial charge on any atom is -0.454 e. The number of rotatable bonds is 1. The van der Waals surface area contributed by atoms with Crippen molar-refractivity contribution in [3.8, 4) is 0 Å². The van der Waals surface area contributed by atoms with E-state index in [1.54, 1.807) is 6.08 Å². The molecule has 0 aromatic rings. The average Bonchev–Trinajstić information content (AvgIpc) is 2.22. The Morgan fingerprint density at radius 3 is 2.94 bits per heavy atom. The molecule has 0 saturated heterocycles. The Morgan fingerprint density at radius 1 is 1.50 bits per heavy atom. The molecule has 0 spiro atoms. The fraction of sp³-hybridized carbons (Fsp3) is 0.538. The third-order valence-electron chi connectivity index (χ3n) is 3.53. The normalized spacial score (nSPS) is 37.0. The highest BCUT2D eigenvalue weighted by molar-refractivity contribution is 5.96. The van der Waals surface area contributed by atoms with Crippen molar-refractivity contribution < 1.29 is 14.3 Å². The van der Waals surface area contributed by atoms with E-state index in [1.165, 1.54) is 6.92 Å². The van der Waals surface area contributed by atoms with E-state index in [-0.39, 0.29) is 23.1 Å². The van der Waals surface area contributed by atoms with Crippen molar-refractivity contribution in [2.75, 3.05) is 0 Å². The van der Waals surface area contributed by atoms with Gasteiger partial charge >= 0.3 is 5.97 Å². The Labute approximate surface area is 95.2 Å². The van der Waals surface area contributed by atoms with Crippen molar-refractivity contribution in [3.63, 3.8) is 0 Å². The molecule has 2 rings (SSSR count). The Balaban J connectivity index is 2.30. The summed E-state index contributed by atoms with van der Waals surface area (Å²) in [5.74, 6) is -0.391. The Kier molecular flexibility index (Phi) is 2.70. The molecule has 0 aliphatic heterocycles. The second-order valence-electron chi connectivity index (χ2n) is 4.79. The first kappa shape index (κ1) is 11.1. The molecule has 0 saturated carbocycles. The molecule has 0 radical (unpaired) electrons. The van der Waals surface area contributed by atoms with E-state index in [4.69, 9.17) is 4.74 Å². The lowest BCUT2D eigenvalue weighted by molar-refractivity contribution is -0.158. The fourth-order valence-corrected chi connectivity index (χ4v) is 2.55. The quantitative estimate of drug-likeness (QED) is 0.501. The van der Waals surface area contributed by atoms with Crippen molar-refractivity contribution >= 4 is 11.8 Å². The van der Waals surface area contributed by atoms with Crippen LogP contribution in [0.25, 0.3) is 0 Å². The van der Waals surface area contributed by atoms with Crippen molar-refractivity contribution in [2.24, 2.45) is 11.3 Å². The lowest BCUT2D eigenvalue weighted by Gasteiger charge is -2.42. The van der Waals surface area contributed by atoms with Crippen LogP contribution in [0.3, 0.4) is 0 Å². The lowest BCUT2D eigenvalue weighted by atomic mass is 9.64. The number of carbonyl (C=O) groups excluding carboxylic acids is 2. The zero-order valence-electron chi connectivity index (χ0n) is 9.60. The van der Waals surface area contributed by atoms with Gasteiger partial charge in [0.1, 0.15) is 0 Å². The van der Waals surface area contributed by atoms with Crippen LogP contribution in [-0.4, -0.2) is 17.9 Å². The van der Waals surface area contributed by atoms with E-state index in [2.05, 4.69) is 19.1 Å². The average molecular weight is 220 g/mol. The number of ketones is 1. The highest BCUT2D eigenvalue weighted by Crippen LogP contribution is 2.44. The zero-order chi connectivity index (χ0) is 11.8. The van der Waals surface area contributed by atoms with Gasteiger partial charge in [0.25, 0.3) is 0 Å². The van der Waals surface area contributed by atoms with Crippen LogP contribution in [0, 0.1) is 11.3 Å². The third-order valence-corrected chi connectivity index (χ3v) is 3.53. The summed E-state index contributed by atoms with van der Waals surface area (Å²) in [5, 5.41) is 0. The molecule has 3 heteroatoms. The highest BCUT2D eigenvalue weighted by atomic mass is 16.5. The Hall–Kier alpha value is -1.38. The minimum absolute atomic E-state index is 0.0528. The SMILES string of the molecule is CC(=O)O[C@H]1C(=O)C=C[C@@]2(C)CC=CC[C@@H]12. The molecule has 0 fully saturated rings. The first-order valence-corrected chi connectivity index (χ1v) is 5.58. The third kappa shape index (κ3) is 1.82. The molecule has 86 valence electrons. The molecule has 0 heterocycles. The van der Waals surface area contributed by atoms with Crippen molar-refractivity contribution in [1.29, 1.82) is 0 Å². The molecule has 0 N–H and O–H groups in total. The van der Waals surface area contributed by atoms with Gasteiger partial charge in [-0.15, -0.1) is 0 Å². The number of hydrogen-bond acceptors (Lipinski definition) is 3. The van der Waals surface area contributed by atoms with Gasteiger partial charge in [-0.05, 0) is 24.3 Å². The van der Waals surface area contributed by atoms with Crippen molar-refractivity contribution in [3.05, 3.63) is 24.3 Å². The highest BCUT2D eigenvalue weighted by Gasteiger charge is 2.44. The van der Waals surface area contributed by atoms with E-state index in [1.807, 2.05) is 6.08 Å². The van der Waals surface area contributed by atoms with Gasteiger partial charge in [0.15, 0.2) is 11.9 Å². The number of hydrogen-bond donors (Lipinski definition) is 0. The molecule has 0 aromatic heterocycles. The second kappa shape index (κ2) is 3.89. The number of allylic oxidation sites excluding steroid dienone is 3. The Bertz CT molecular complexity index is 381. The van der Waals surface area contributed by atoms with Gasteiger partial charge in [0.2, 0.25) is 0 Å². The number of esters is 1. The van der Waals surface area contributed by atoms with Crippen LogP contribution in [0.15, 0.2) is 24.3 Å². The predicted molar refractivity (Wildman–Crippen MR) is 59.7 cm³/mol. The van der Waals surface area contributed by atoms with Gasteiger partial charge in [-0.1, -0.05) is 25.2 Å². The number of carbonyl (C=O) groups is 2. The molecule has 0 unspecified atom stereocenters. The van der Waals surface area contributed by atoms with E-state index >= 15 is 0 Å². The van der Waals surface area contributed by atoms with Gasteiger partial charge in [0, 0.05) is 12.8 Å². The van der Waals surface area contributed by atoms with Crippen LogP contribution in [0.5, 0.6) is 0 Å². The van der Waals surface area contributed by atoms with Crippen LogP contribution in [0.2, 0.25) is 0 Å². The smallest absolute Gasteiger partial charge is 0.303 e. The van der Waals surface area contributed by atoms with E-state index in [0.717, 1.165) is 12.8 Å². The Morgan fingerprint density at radius 2 is 2.25 bits per heavy atom. The summed E-state index contributed by atoms with van der Waals surface area (Å²) in [6.07, 6.45) is 8.81. The van der Waals surface area contributed by atoms with Crippen LogP contribution < -0.4 is 0 Å². The monoisotopic (exact) mass is 220 g/mol. The predicted octanol–water partition coefficient (Wildman–Crippen LogP) is 2.03. The summed E-state index contributed by atoms with van der Waals surface area (Å²) in [5.41, 5.74) is -0.0528. The van der Waals surface area contributed by atoms with Gasteiger partial charge in [-0.2, -0.15) is 0 Å². The molecule has 16 heavy (non-hydrogen) atoms. The van der Waals surface area contributed by atoms with E-state index in [0.29, 0.717) is 0 Å². The molecule has 2 aliphatic rings. The minimum atomic E-state index is -0.600. The summed E-state index contributed by atoms with van der Waals surface area (Å²) in [4.78, 5) is 22.8. The first-order chi connectivity index (χ1) is 7.53. The maximum Gasteiger partial charge on any atom is 0.303 e. The molecule has 3 nitrogen and oxygen atoms in total. The lowest BCUT2D eigenvalue weighted by Crippen LogP contribution is -2.45. The van der Waals surface area contributed by atoms with E-state index < -0.39 is 6.10 Å². The molecular weight excluding hydrogens is 204 g/mol. The summed E-state index contributed by atoms with van der Waals surface area (Å²) in [6.45, 7) is 3.46. The molecule has 0 aromatic carbocycles. The maximum atomic E-state index is 11.7. The largest absolute Gasteiger partial charge is 0.454 e. The van der Waals surface area contributed by atoms with Gasteiger partial charge in [0.05, 0.1) is 0 Å². The van der Waals surface area contributed by atoms with Gasteiger partial charge in [-0.3, -0.25) is 9.59 Å². The van der Waals surface area contributed by atoms with Gasteiger partial charge < -0.3 is 4.74 Å². The molecule has 0 amide bonds. The molecule has 2 aliphatic carbocycles. The van der Waals surface area contributed by atoms with Crippen LogP contribution in [-0.2, 0) is 14.3 Å². The summed E-state index contributed by atoms with van der Waals surface area (Å²) in [7, 11) is 0. The molecule has 0 bridgehead atoms. The topological polar surface area (TPSA) is 43.4 Å². The number of fused-ring (bicyclic) bond motifs is 1. The first-order valence-electron chi connectivity index (χ1n) is 5.58. The molecular formula is C13H16O3. The number of ether oxygens (including phenoxy) is 1. The molecule has 3 atom stereocenters. The summed E-state index contributed by atoms with van der Waals surface area (Å²) < 4.78 is 5.16. The summed E-state index contributed by atoms with van der Waals surface area (Å²) >= 11 is 0. The summed E-state index contributed by atoms with van der Waals surface area (Å²) in [6, 6.07) is 0. The zero-order valence-corrected chi connectivity index (χ0v) is 9.60. The van der Waals surface area contributed by atoms with Crippen molar-refractivity contribution in [1.82, 2.24) is 0 Å². The van der Waals surface area contributed by atoms with Gasteiger partial charge in [-0.25, -0.2) is 0 Å². The van der Waals surface area contributed by atoms with Crippen LogP contribution in [0.4, 0.5) is 0 Å².